The first-order valence-corrected chi connectivity index (χ1v) is 4.71. The lowest BCUT2D eigenvalue weighted by Gasteiger charge is -2.11. The first kappa shape index (κ1) is 8.58. The van der Waals surface area contributed by atoms with Crippen LogP contribution in [-0.2, 0) is 0 Å². The van der Waals surface area contributed by atoms with E-state index in [0.717, 1.165) is 5.92 Å². The van der Waals surface area contributed by atoms with Crippen molar-refractivity contribution in [3.05, 3.63) is 23.8 Å². The molecule has 0 aromatic heterocycles. The summed E-state index contributed by atoms with van der Waals surface area (Å²) in [5, 5.41) is 0. The second-order valence-electron chi connectivity index (χ2n) is 3.32. The van der Waals surface area contributed by atoms with Crippen LogP contribution in [-0.4, -0.2) is 0 Å². The Balaban J connectivity index is 2.55. The van der Waals surface area contributed by atoms with Crippen LogP contribution in [0.3, 0.4) is 0 Å². The fourth-order valence-corrected chi connectivity index (χ4v) is 1.57. The highest BCUT2D eigenvalue weighted by Crippen LogP contribution is 2.23. The summed E-state index contributed by atoms with van der Waals surface area (Å²) in [6.45, 7) is 4.54. The summed E-state index contributed by atoms with van der Waals surface area (Å²) in [4.78, 5) is 0. The van der Waals surface area contributed by atoms with Gasteiger partial charge in [0.1, 0.15) is 0 Å². The van der Waals surface area contributed by atoms with Gasteiger partial charge in [0.25, 0.3) is 0 Å². The van der Waals surface area contributed by atoms with Crippen LogP contribution in [0.15, 0.2) is 23.8 Å². The highest BCUT2D eigenvalue weighted by molar-refractivity contribution is 5.15. The summed E-state index contributed by atoms with van der Waals surface area (Å²) in [5.74, 6) is 0.903. The van der Waals surface area contributed by atoms with Gasteiger partial charge in [0.2, 0.25) is 0 Å². The number of rotatable bonds is 2. The second-order valence-corrected chi connectivity index (χ2v) is 3.32. The van der Waals surface area contributed by atoms with Gasteiger partial charge in [-0.3, -0.25) is 0 Å². The predicted molar refractivity (Wildman–Crippen MR) is 50.5 cm³/mol. The van der Waals surface area contributed by atoms with E-state index in [1.165, 1.54) is 25.7 Å². The molecule has 1 rings (SSSR count). The molecule has 0 saturated carbocycles. The molecule has 0 amide bonds. The standard InChI is InChI=1S/C11H18/c1-3-10-7-5-6-8-11(4-2)9-10/h5-7,11H,3-4,8-9H2,1-2H3. The van der Waals surface area contributed by atoms with E-state index in [0.29, 0.717) is 0 Å². The molecule has 0 aromatic rings. The molecule has 0 saturated heterocycles. The van der Waals surface area contributed by atoms with Crippen LogP contribution in [0.4, 0.5) is 0 Å². The lowest BCUT2D eigenvalue weighted by molar-refractivity contribution is 0.509. The molecule has 0 bridgehead atoms. The fourth-order valence-electron chi connectivity index (χ4n) is 1.57. The van der Waals surface area contributed by atoms with E-state index in [1.807, 2.05) is 0 Å². The average Bonchev–Trinajstić information content (AvgIpc) is 2.28. The number of hydrogen-bond donors (Lipinski definition) is 0. The Morgan fingerprint density at radius 2 is 2.27 bits per heavy atom. The largest absolute Gasteiger partial charge is 0.0843 e. The molecule has 0 heterocycles. The summed E-state index contributed by atoms with van der Waals surface area (Å²) in [6.07, 6.45) is 11.9. The monoisotopic (exact) mass is 150 g/mol. The smallest absolute Gasteiger partial charge is 0.0286 e. The molecule has 1 aliphatic carbocycles. The van der Waals surface area contributed by atoms with Crippen molar-refractivity contribution in [2.24, 2.45) is 5.92 Å². The van der Waals surface area contributed by atoms with Gasteiger partial charge in [-0.1, -0.05) is 44.1 Å². The summed E-state index contributed by atoms with van der Waals surface area (Å²) in [6, 6.07) is 0. The van der Waals surface area contributed by atoms with Gasteiger partial charge in [-0.25, -0.2) is 0 Å². The zero-order valence-corrected chi connectivity index (χ0v) is 7.64. The van der Waals surface area contributed by atoms with E-state index in [2.05, 4.69) is 32.1 Å². The van der Waals surface area contributed by atoms with E-state index in [1.54, 1.807) is 5.57 Å². The molecule has 0 radical (unpaired) electrons. The maximum atomic E-state index is 2.30. The Labute approximate surface area is 70.0 Å². The lowest BCUT2D eigenvalue weighted by Crippen LogP contribution is -1.97. The van der Waals surface area contributed by atoms with Crippen LogP contribution in [0.25, 0.3) is 0 Å². The molecule has 0 N–H and O–H groups in total. The van der Waals surface area contributed by atoms with Gasteiger partial charge in [0, 0.05) is 0 Å². The van der Waals surface area contributed by atoms with E-state index in [-0.39, 0.29) is 0 Å². The Morgan fingerprint density at radius 1 is 1.45 bits per heavy atom. The molecule has 0 spiro atoms. The van der Waals surface area contributed by atoms with Crippen molar-refractivity contribution in [1.82, 2.24) is 0 Å². The quantitative estimate of drug-likeness (QED) is 0.563. The minimum atomic E-state index is 0.903. The van der Waals surface area contributed by atoms with Crippen molar-refractivity contribution in [3.63, 3.8) is 0 Å². The summed E-state index contributed by atoms with van der Waals surface area (Å²) >= 11 is 0. The molecule has 0 aromatic carbocycles. The summed E-state index contributed by atoms with van der Waals surface area (Å²) in [5.41, 5.74) is 1.62. The fraction of sp³-hybridized carbons (Fsp3) is 0.636. The van der Waals surface area contributed by atoms with Gasteiger partial charge < -0.3 is 0 Å². The Hall–Kier alpha value is -0.520. The van der Waals surface area contributed by atoms with Gasteiger partial charge in [0.05, 0.1) is 0 Å². The molecular weight excluding hydrogens is 132 g/mol. The summed E-state index contributed by atoms with van der Waals surface area (Å²) in [7, 11) is 0. The van der Waals surface area contributed by atoms with Crippen LogP contribution in [0.1, 0.15) is 39.5 Å². The summed E-state index contributed by atoms with van der Waals surface area (Å²) < 4.78 is 0. The Bertz CT molecular complexity index is 163. The van der Waals surface area contributed by atoms with Crippen molar-refractivity contribution >= 4 is 0 Å². The molecular formula is C11H18. The van der Waals surface area contributed by atoms with Crippen LogP contribution in [0.2, 0.25) is 0 Å². The van der Waals surface area contributed by atoms with Crippen molar-refractivity contribution in [3.8, 4) is 0 Å². The van der Waals surface area contributed by atoms with E-state index in [4.69, 9.17) is 0 Å². The third-order valence-electron chi connectivity index (χ3n) is 2.52. The minimum Gasteiger partial charge on any atom is -0.0843 e. The molecule has 0 nitrogen and oxygen atoms in total. The predicted octanol–water partition coefficient (Wildman–Crippen LogP) is 3.70. The van der Waals surface area contributed by atoms with Gasteiger partial charge in [-0.15, -0.1) is 0 Å². The van der Waals surface area contributed by atoms with Crippen molar-refractivity contribution in [2.45, 2.75) is 39.5 Å². The SMILES string of the molecule is CCC1=CC=CCC(CC)C1. The zero-order valence-electron chi connectivity index (χ0n) is 7.64. The molecule has 11 heavy (non-hydrogen) atoms. The maximum absolute atomic E-state index is 2.30. The molecule has 1 unspecified atom stereocenters. The minimum absolute atomic E-state index is 0.903. The third-order valence-corrected chi connectivity index (χ3v) is 2.52. The van der Waals surface area contributed by atoms with Crippen LogP contribution < -0.4 is 0 Å². The highest BCUT2D eigenvalue weighted by Gasteiger charge is 2.07. The van der Waals surface area contributed by atoms with Crippen molar-refractivity contribution in [2.75, 3.05) is 0 Å². The second kappa shape index (κ2) is 4.38. The Kier molecular flexibility index (Phi) is 3.41. The molecule has 1 aliphatic rings. The van der Waals surface area contributed by atoms with E-state index >= 15 is 0 Å². The number of hydrogen-bond acceptors (Lipinski definition) is 0. The van der Waals surface area contributed by atoms with Gasteiger partial charge in [-0.2, -0.15) is 0 Å². The average molecular weight is 150 g/mol. The molecule has 0 aliphatic heterocycles. The van der Waals surface area contributed by atoms with Gasteiger partial charge >= 0.3 is 0 Å². The third kappa shape index (κ3) is 2.53. The topological polar surface area (TPSA) is 0 Å². The highest BCUT2D eigenvalue weighted by atomic mass is 14.1. The van der Waals surface area contributed by atoms with Gasteiger partial charge in [0.15, 0.2) is 0 Å². The van der Waals surface area contributed by atoms with Crippen molar-refractivity contribution in [1.29, 1.82) is 0 Å². The first-order chi connectivity index (χ1) is 5.36. The molecule has 0 heteroatoms. The van der Waals surface area contributed by atoms with Crippen molar-refractivity contribution < 1.29 is 0 Å². The molecule has 0 fully saturated rings. The lowest BCUT2D eigenvalue weighted by atomic mass is 9.94. The van der Waals surface area contributed by atoms with E-state index < -0.39 is 0 Å². The number of allylic oxidation sites excluding steroid dienone is 4. The normalized spacial score (nSPS) is 24.5. The maximum Gasteiger partial charge on any atom is -0.0286 e. The van der Waals surface area contributed by atoms with Crippen LogP contribution in [0.5, 0.6) is 0 Å². The molecule has 62 valence electrons. The van der Waals surface area contributed by atoms with Gasteiger partial charge in [-0.05, 0) is 25.2 Å². The van der Waals surface area contributed by atoms with Crippen LogP contribution in [0, 0.1) is 5.92 Å². The molecule has 1 atom stereocenters. The first-order valence-electron chi connectivity index (χ1n) is 4.71. The zero-order chi connectivity index (χ0) is 8.10. The van der Waals surface area contributed by atoms with E-state index in [9.17, 15) is 0 Å². The van der Waals surface area contributed by atoms with Crippen LogP contribution >= 0.6 is 0 Å². The Morgan fingerprint density at radius 3 is 2.91 bits per heavy atom.